The predicted molar refractivity (Wildman–Crippen MR) is 128 cm³/mol. The minimum atomic E-state index is -3.71. The van der Waals surface area contributed by atoms with Crippen molar-refractivity contribution in [2.24, 2.45) is 0 Å². The zero-order chi connectivity index (χ0) is 24.2. The molecule has 0 spiro atoms. The Bertz CT molecular complexity index is 1210. The lowest BCUT2D eigenvalue weighted by Gasteiger charge is -2.25. The van der Waals surface area contributed by atoms with Gasteiger partial charge in [-0.2, -0.15) is 0 Å². The highest BCUT2D eigenvalue weighted by Gasteiger charge is 2.22. The third-order valence-corrected chi connectivity index (χ3v) is 7.29. The van der Waals surface area contributed by atoms with Gasteiger partial charge in [0.1, 0.15) is 5.82 Å². The monoisotopic (exact) mass is 469 g/mol. The van der Waals surface area contributed by atoms with E-state index >= 15 is 0 Å². The lowest BCUT2D eigenvalue weighted by atomic mass is 10.1. The second-order valence-electron chi connectivity index (χ2n) is 8.08. The van der Waals surface area contributed by atoms with Gasteiger partial charge in [0.25, 0.3) is 15.9 Å². The molecule has 1 amide bonds. The number of benzene rings is 3. The first kappa shape index (κ1) is 24.4. The molecule has 0 aliphatic rings. The number of hydrogen-bond acceptors (Lipinski definition) is 4. The number of halogens is 1. The number of carbonyl (C=O) groups excluding carboxylic acids is 1. The molecule has 3 aromatic rings. The second kappa shape index (κ2) is 10.1. The molecule has 3 rings (SSSR count). The summed E-state index contributed by atoms with van der Waals surface area (Å²) in [5.74, 6) is -0.625. The van der Waals surface area contributed by atoms with Gasteiger partial charge >= 0.3 is 0 Å². The molecule has 8 heteroatoms. The van der Waals surface area contributed by atoms with E-state index in [0.29, 0.717) is 17.8 Å². The van der Waals surface area contributed by atoms with Crippen LogP contribution < -0.4 is 9.62 Å². The molecule has 0 fully saturated rings. The Kier molecular flexibility index (Phi) is 7.50. The SMILES string of the molecule is Cc1ccc(S(=O)(=O)N(C)c2ccc(C(=O)NCC(c3cccc(F)c3)N(C)C)cc2)cc1. The maximum absolute atomic E-state index is 13.6. The van der Waals surface area contributed by atoms with Crippen LogP contribution in [-0.2, 0) is 10.0 Å². The summed E-state index contributed by atoms with van der Waals surface area (Å²) >= 11 is 0. The van der Waals surface area contributed by atoms with Crippen molar-refractivity contribution < 1.29 is 17.6 Å². The highest BCUT2D eigenvalue weighted by Crippen LogP contribution is 2.23. The first-order valence-electron chi connectivity index (χ1n) is 10.5. The average molecular weight is 470 g/mol. The van der Waals surface area contributed by atoms with Gasteiger partial charge in [0, 0.05) is 19.2 Å². The molecule has 6 nitrogen and oxygen atoms in total. The number of sulfonamides is 1. The number of anilines is 1. The van der Waals surface area contributed by atoms with E-state index in [1.54, 1.807) is 54.6 Å². The van der Waals surface area contributed by atoms with Crippen LogP contribution >= 0.6 is 0 Å². The van der Waals surface area contributed by atoms with Crippen LogP contribution in [0.4, 0.5) is 10.1 Å². The minimum absolute atomic E-state index is 0.199. The highest BCUT2D eigenvalue weighted by molar-refractivity contribution is 7.92. The third kappa shape index (κ3) is 5.77. The zero-order valence-corrected chi connectivity index (χ0v) is 19.9. The van der Waals surface area contributed by atoms with Crippen molar-refractivity contribution in [2.75, 3.05) is 32.0 Å². The van der Waals surface area contributed by atoms with E-state index < -0.39 is 10.0 Å². The zero-order valence-electron chi connectivity index (χ0n) is 19.1. The van der Waals surface area contributed by atoms with E-state index in [1.165, 1.54) is 23.5 Å². The molecule has 0 aliphatic carbocycles. The third-order valence-electron chi connectivity index (χ3n) is 5.49. The van der Waals surface area contributed by atoms with Crippen LogP contribution in [0.5, 0.6) is 0 Å². The fraction of sp³-hybridized carbons (Fsp3) is 0.240. The molecule has 1 N–H and O–H groups in total. The van der Waals surface area contributed by atoms with Crippen LogP contribution in [0.15, 0.2) is 77.7 Å². The Morgan fingerprint density at radius 3 is 2.18 bits per heavy atom. The first-order chi connectivity index (χ1) is 15.6. The number of carbonyl (C=O) groups is 1. The van der Waals surface area contributed by atoms with Gasteiger partial charge in [0.05, 0.1) is 16.6 Å². The number of aryl methyl sites for hydroxylation is 1. The molecule has 33 heavy (non-hydrogen) atoms. The number of amides is 1. The van der Waals surface area contributed by atoms with Crippen LogP contribution in [0.25, 0.3) is 0 Å². The van der Waals surface area contributed by atoms with Crippen molar-refractivity contribution in [3.05, 3.63) is 95.3 Å². The smallest absolute Gasteiger partial charge is 0.264 e. The summed E-state index contributed by atoms with van der Waals surface area (Å²) in [5.41, 5.74) is 2.58. The summed E-state index contributed by atoms with van der Waals surface area (Å²) in [6, 6.07) is 19.1. The van der Waals surface area contributed by atoms with Gasteiger partial charge in [-0.05, 0) is 75.1 Å². The molecule has 0 saturated carbocycles. The Balaban J connectivity index is 1.70. The number of nitrogens with zero attached hydrogens (tertiary/aromatic N) is 2. The predicted octanol–water partition coefficient (Wildman–Crippen LogP) is 3.99. The molecule has 0 radical (unpaired) electrons. The van der Waals surface area contributed by atoms with Crippen molar-refractivity contribution in [1.29, 1.82) is 0 Å². The summed E-state index contributed by atoms with van der Waals surface area (Å²) < 4.78 is 40.6. The molecular formula is C25H28FN3O3S. The minimum Gasteiger partial charge on any atom is -0.350 e. The average Bonchev–Trinajstić information content (AvgIpc) is 2.79. The van der Waals surface area contributed by atoms with Gasteiger partial charge in [0.15, 0.2) is 0 Å². The molecular weight excluding hydrogens is 441 g/mol. The van der Waals surface area contributed by atoms with E-state index in [1.807, 2.05) is 32.0 Å². The van der Waals surface area contributed by atoms with Gasteiger partial charge in [0.2, 0.25) is 0 Å². The van der Waals surface area contributed by atoms with Gasteiger partial charge < -0.3 is 10.2 Å². The molecule has 1 atom stereocenters. The molecule has 0 heterocycles. The lowest BCUT2D eigenvalue weighted by Crippen LogP contribution is -2.34. The number of hydrogen-bond donors (Lipinski definition) is 1. The Morgan fingerprint density at radius 2 is 1.61 bits per heavy atom. The van der Waals surface area contributed by atoms with Crippen molar-refractivity contribution in [2.45, 2.75) is 17.9 Å². The topological polar surface area (TPSA) is 69.7 Å². The highest BCUT2D eigenvalue weighted by atomic mass is 32.2. The summed E-state index contributed by atoms with van der Waals surface area (Å²) in [6.07, 6.45) is 0. The van der Waals surface area contributed by atoms with Crippen molar-refractivity contribution in [3.63, 3.8) is 0 Å². The molecule has 3 aromatic carbocycles. The van der Waals surface area contributed by atoms with Gasteiger partial charge in [-0.25, -0.2) is 12.8 Å². The molecule has 1 unspecified atom stereocenters. The second-order valence-corrected chi connectivity index (χ2v) is 10.0. The Hall–Kier alpha value is -3.23. The molecule has 0 saturated heterocycles. The van der Waals surface area contributed by atoms with E-state index in [4.69, 9.17) is 0 Å². The van der Waals surface area contributed by atoms with Crippen molar-refractivity contribution in [3.8, 4) is 0 Å². The Labute approximate surface area is 194 Å². The Morgan fingerprint density at radius 1 is 0.970 bits per heavy atom. The van der Waals surface area contributed by atoms with Crippen LogP contribution in [-0.4, -0.2) is 46.9 Å². The molecule has 0 aliphatic heterocycles. The number of rotatable bonds is 8. The largest absolute Gasteiger partial charge is 0.350 e. The van der Waals surface area contributed by atoms with Crippen LogP contribution in [0.1, 0.15) is 27.5 Å². The molecule has 0 bridgehead atoms. The van der Waals surface area contributed by atoms with E-state index in [2.05, 4.69) is 5.32 Å². The molecule has 174 valence electrons. The fourth-order valence-corrected chi connectivity index (χ4v) is 4.63. The van der Waals surface area contributed by atoms with E-state index in [9.17, 15) is 17.6 Å². The maximum atomic E-state index is 13.6. The van der Waals surface area contributed by atoms with Gasteiger partial charge in [-0.3, -0.25) is 9.10 Å². The van der Waals surface area contributed by atoms with Crippen molar-refractivity contribution >= 4 is 21.6 Å². The summed E-state index contributed by atoms with van der Waals surface area (Å²) in [5, 5.41) is 2.87. The first-order valence-corrected chi connectivity index (χ1v) is 11.9. The van der Waals surface area contributed by atoms with Gasteiger partial charge in [-0.1, -0.05) is 29.8 Å². The summed E-state index contributed by atoms with van der Waals surface area (Å²) in [4.78, 5) is 14.8. The molecule has 0 aromatic heterocycles. The quantitative estimate of drug-likeness (QED) is 0.542. The fourth-order valence-electron chi connectivity index (χ4n) is 3.43. The van der Waals surface area contributed by atoms with Crippen LogP contribution in [0.3, 0.4) is 0 Å². The van der Waals surface area contributed by atoms with Crippen LogP contribution in [0.2, 0.25) is 0 Å². The van der Waals surface area contributed by atoms with Crippen molar-refractivity contribution in [1.82, 2.24) is 10.2 Å². The lowest BCUT2D eigenvalue weighted by molar-refractivity contribution is 0.0942. The summed E-state index contributed by atoms with van der Waals surface area (Å²) in [7, 11) is 1.49. The normalized spacial score (nSPS) is 12.4. The number of likely N-dealkylation sites (N-methyl/N-ethyl adjacent to an activating group) is 1. The van der Waals surface area contributed by atoms with E-state index in [0.717, 1.165) is 11.1 Å². The standard InChI is InChI=1S/C25H28FN3O3S/c1-18-8-14-23(15-9-18)33(31,32)29(4)22-12-10-19(11-13-22)25(30)27-17-24(28(2)3)20-6-5-7-21(26)16-20/h5-16,24H,17H2,1-4H3,(H,27,30). The van der Waals surface area contributed by atoms with Gasteiger partial charge in [-0.15, -0.1) is 0 Å². The summed E-state index contributed by atoms with van der Waals surface area (Å²) in [6.45, 7) is 2.18. The maximum Gasteiger partial charge on any atom is 0.264 e. The van der Waals surface area contributed by atoms with Crippen LogP contribution in [0, 0.1) is 12.7 Å². The number of nitrogens with one attached hydrogen (secondary N) is 1. The van der Waals surface area contributed by atoms with E-state index in [-0.39, 0.29) is 22.7 Å².